The Morgan fingerprint density at radius 3 is 2.34 bits per heavy atom. The van der Waals surface area contributed by atoms with Crippen molar-refractivity contribution in [1.82, 2.24) is 19.7 Å². The van der Waals surface area contributed by atoms with Crippen LogP contribution in [0.5, 0.6) is 5.75 Å². The highest BCUT2D eigenvalue weighted by Gasteiger charge is 2.18. The van der Waals surface area contributed by atoms with Crippen molar-refractivity contribution < 1.29 is 19.1 Å². The fraction of sp³-hybridized carbons (Fsp3) is 0.160. The highest BCUT2D eigenvalue weighted by molar-refractivity contribution is 7.99. The highest BCUT2D eigenvalue weighted by Crippen LogP contribution is 2.29. The molecule has 1 amide bonds. The maximum atomic E-state index is 12.6. The molecule has 2 aromatic carbocycles. The number of nitrogens with zero attached hydrogens (tertiary/aromatic N) is 4. The molecule has 2 heterocycles. The van der Waals surface area contributed by atoms with Gasteiger partial charge in [-0.05, 0) is 67.6 Å². The SMILES string of the molecule is CCOc1ccc(-n2c(SCC(=O)Nc3ccc(C(=O)OC)cc3)nnc2-c2ccncc2)cc1. The Labute approximate surface area is 206 Å². The lowest BCUT2D eigenvalue weighted by Gasteiger charge is -2.11. The lowest BCUT2D eigenvalue weighted by molar-refractivity contribution is -0.113. The Balaban J connectivity index is 1.52. The van der Waals surface area contributed by atoms with E-state index < -0.39 is 5.97 Å². The van der Waals surface area contributed by atoms with Crippen molar-refractivity contribution in [3.8, 4) is 22.8 Å². The number of hydrogen-bond acceptors (Lipinski definition) is 8. The van der Waals surface area contributed by atoms with Crippen molar-refractivity contribution >= 4 is 29.3 Å². The van der Waals surface area contributed by atoms with E-state index in [1.165, 1.54) is 18.9 Å². The lowest BCUT2D eigenvalue weighted by Crippen LogP contribution is -2.14. The molecule has 9 nitrogen and oxygen atoms in total. The molecule has 0 bridgehead atoms. The van der Waals surface area contributed by atoms with E-state index >= 15 is 0 Å². The number of hydrogen-bond donors (Lipinski definition) is 1. The van der Waals surface area contributed by atoms with Crippen molar-refractivity contribution in [2.45, 2.75) is 12.1 Å². The van der Waals surface area contributed by atoms with Crippen molar-refractivity contribution in [2.24, 2.45) is 0 Å². The molecule has 0 aliphatic carbocycles. The third kappa shape index (κ3) is 5.85. The number of methoxy groups -OCH3 is 1. The van der Waals surface area contributed by atoms with Gasteiger partial charge in [0.05, 0.1) is 25.0 Å². The van der Waals surface area contributed by atoms with Gasteiger partial charge in [0.2, 0.25) is 5.91 Å². The van der Waals surface area contributed by atoms with E-state index in [4.69, 9.17) is 4.74 Å². The average molecular weight is 490 g/mol. The minimum Gasteiger partial charge on any atom is -0.494 e. The number of rotatable bonds is 9. The molecule has 35 heavy (non-hydrogen) atoms. The topological polar surface area (TPSA) is 108 Å². The zero-order valence-corrected chi connectivity index (χ0v) is 20.0. The number of anilines is 1. The van der Waals surface area contributed by atoms with Gasteiger partial charge in [0.15, 0.2) is 11.0 Å². The number of benzene rings is 2. The Hall–Kier alpha value is -4.18. The first kappa shape index (κ1) is 24.0. The molecule has 0 aliphatic rings. The molecule has 4 rings (SSSR count). The molecule has 2 aromatic heterocycles. The molecule has 0 unspecified atom stereocenters. The van der Waals surface area contributed by atoms with Gasteiger partial charge in [-0.1, -0.05) is 11.8 Å². The van der Waals surface area contributed by atoms with Gasteiger partial charge in [-0.15, -0.1) is 10.2 Å². The van der Waals surface area contributed by atoms with E-state index in [2.05, 4.69) is 25.2 Å². The quantitative estimate of drug-likeness (QED) is 0.275. The summed E-state index contributed by atoms with van der Waals surface area (Å²) in [6, 6.07) is 17.8. The van der Waals surface area contributed by atoms with Crippen LogP contribution in [0.4, 0.5) is 5.69 Å². The minimum absolute atomic E-state index is 0.115. The second kappa shape index (κ2) is 11.3. The first-order valence-electron chi connectivity index (χ1n) is 10.8. The third-order valence-electron chi connectivity index (χ3n) is 4.90. The smallest absolute Gasteiger partial charge is 0.337 e. The zero-order chi connectivity index (χ0) is 24.6. The van der Waals surface area contributed by atoms with Crippen LogP contribution in [-0.4, -0.2) is 51.1 Å². The van der Waals surface area contributed by atoms with Crippen molar-refractivity contribution in [3.63, 3.8) is 0 Å². The lowest BCUT2D eigenvalue weighted by atomic mass is 10.2. The molecule has 178 valence electrons. The third-order valence-corrected chi connectivity index (χ3v) is 5.83. The number of carbonyl (C=O) groups is 2. The summed E-state index contributed by atoms with van der Waals surface area (Å²) in [4.78, 5) is 28.2. The number of esters is 1. The summed E-state index contributed by atoms with van der Waals surface area (Å²) >= 11 is 1.27. The number of thioether (sulfide) groups is 1. The van der Waals surface area contributed by atoms with E-state index in [1.807, 2.05) is 47.9 Å². The fourth-order valence-electron chi connectivity index (χ4n) is 3.28. The Morgan fingerprint density at radius 2 is 1.69 bits per heavy atom. The van der Waals surface area contributed by atoms with Crippen LogP contribution in [0, 0.1) is 0 Å². The Bertz CT molecular complexity index is 1290. The van der Waals surface area contributed by atoms with E-state index in [1.54, 1.807) is 36.7 Å². The highest BCUT2D eigenvalue weighted by atomic mass is 32.2. The van der Waals surface area contributed by atoms with Gasteiger partial charge in [-0.2, -0.15) is 0 Å². The summed E-state index contributed by atoms with van der Waals surface area (Å²) in [5.41, 5.74) is 2.68. The second-order valence-corrected chi connectivity index (χ2v) is 8.15. The maximum absolute atomic E-state index is 12.6. The standard InChI is InChI=1S/C25H23N5O4S/c1-3-34-21-10-8-20(9-11-21)30-23(17-12-14-26-15-13-17)28-29-25(30)35-16-22(31)27-19-6-4-18(5-7-19)24(32)33-2/h4-15H,3,16H2,1-2H3,(H,27,31). The largest absolute Gasteiger partial charge is 0.494 e. The molecular formula is C25H23N5O4S. The number of carbonyl (C=O) groups excluding carboxylic acids is 2. The van der Waals surface area contributed by atoms with Gasteiger partial charge in [-0.25, -0.2) is 4.79 Å². The van der Waals surface area contributed by atoms with Crippen molar-refractivity contribution in [1.29, 1.82) is 0 Å². The van der Waals surface area contributed by atoms with Crippen LogP contribution >= 0.6 is 11.8 Å². The van der Waals surface area contributed by atoms with Gasteiger partial charge in [0.1, 0.15) is 5.75 Å². The van der Waals surface area contributed by atoms with Crippen LogP contribution in [0.15, 0.2) is 78.2 Å². The molecule has 0 saturated heterocycles. The summed E-state index contributed by atoms with van der Waals surface area (Å²) in [5.74, 6) is 0.869. The van der Waals surface area contributed by atoms with Crippen LogP contribution in [-0.2, 0) is 9.53 Å². The number of pyridine rings is 1. The minimum atomic E-state index is -0.433. The van der Waals surface area contributed by atoms with Crippen LogP contribution < -0.4 is 10.1 Å². The van der Waals surface area contributed by atoms with E-state index in [9.17, 15) is 9.59 Å². The van der Waals surface area contributed by atoms with Gasteiger partial charge in [-0.3, -0.25) is 14.3 Å². The van der Waals surface area contributed by atoms with E-state index in [0.29, 0.717) is 28.8 Å². The first-order valence-corrected chi connectivity index (χ1v) is 11.8. The van der Waals surface area contributed by atoms with Gasteiger partial charge in [0.25, 0.3) is 0 Å². The van der Waals surface area contributed by atoms with Crippen LogP contribution in [0.2, 0.25) is 0 Å². The molecule has 0 spiro atoms. The zero-order valence-electron chi connectivity index (χ0n) is 19.2. The summed E-state index contributed by atoms with van der Waals surface area (Å²) in [6.45, 7) is 2.51. The average Bonchev–Trinajstić information content (AvgIpc) is 3.32. The summed E-state index contributed by atoms with van der Waals surface area (Å²) < 4.78 is 12.1. The molecule has 0 saturated carbocycles. The van der Waals surface area contributed by atoms with E-state index in [-0.39, 0.29) is 11.7 Å². The second-order valence-electron chi connectivity index (χ2n) is 7.21. The Kier molecular flexibility index (Phi) is 7.74. The summed E-state index contributed by atoms with van der Waals surface area (Å²) in [6.07, 6.45) is 3.39. The maximum Gasteiger partial charge on any atom is 0.337 e. The number of amides is 1. The van der Waals surface area contributed by atoms with Crippen LogP contribution in [0.1, 0.15) is 17.3 Å². The molecule has 4 aromatic rings. The molecule has 0 atom stereocenters. The predicted octanol–water partition coefficient (Wildman–Crippen LogP) is 4.25. The number of nitrogens with one attached hydrogen (secondary N) is 1. The summed E-state index contributed by atoms with van der Waals surface area (Å²) in [5, 5.41) is 12.1. The van der Waals surface area contributed by atoms with Crippen molar-refractivity contribution in [2.75, 3.05) is 24.8 Å². The van der Waals surface area contributed by atoms with E-state index in [0.717, 1.165) is 17.0 Å². The van der Waals surface area contributed by atoms with Crippen LogP contribution in [0.3, 0.4) is 0 Å². The van der Waals surface area contributed by atoms with Gasteiger partial charge in [0, 0.05) is 29.3 Å². The van der Waals surface area contributed by atoms with Crippen LogP contribution in [0.25, 0.3) is 17.1 Å². The molecule has 0 radical (unpaired) electrons. The monoisotopic (exact) mass is 489 g/mol. The molecule has 0 fully saturated rings. The molecule has 1 N–H and O–H groups in total. The Morgan fingerprint density at radius 1 is 0.971 bits per heavy atom. The first-order chi connectivity index (χ1) is 17.1. The fourth-order valence-corrected chi connectivity index (χ4v) is 4.03. The van der Waals surface area contributed by atoms with Gasteiger partial charge >= 0.3 is 5.97 Å². The van der Waals surface area contributed by atoms with Crippen molar-refractivity contribution in [3.05, 3.63) is 78.6 Å². The number of aromatic nitrogens is 4. The van der Waals surface area contributed by atoms with Gasteiger partial charge < -0.3 is 14.8 Å². The summed E-state index contributed by atoms with van der Waals surface area (Å²) in [7, 11) is 1.32. The number of ether oxygens (including phenoxy) is 2. The molecular weight excluding hydrogens is 466 g/mol. The normalized spacial score (nSPS) is 10.6. The molecule has 0 aliphatic heterocycles. The predicted molar refractivity (Wildman–Crippen MR) is 133 cm³/mol. The molecule has 10 heteroatoms.